The van der Waals surface area contributed by atoms with Gasteiger partial charge < -0.3 is 10.4 Å². The minimum Gasteiger partial charge on any atom is -0.506 e. The molecule has 0 spiro atoms. The van der Waals surface area contributed by atoms with E-state index in [0.29, 0.717) is 17.7 Å². The van der Waals surface area contributed by atoms with Crippen LogP contribution in [-0.4, -0.2) is 22.5 Å². The Morgan fingerprint density at radius 3 is 2.65 bits per heavy atom. The highest BCUT2D eigenvalue weighted by Gasteiger charge is 2.37. The first-order valence-electron chi connectivity index (χ1n) is 8.05. The van der Waals surface area contributed by atoms with Gasteiger partial charge in [-0.25, -0.2) is 0 Å². The Labute approximate surface area is 136 Å². The van der Waals surface area contributed by atoms with Gasteiger partial charge in [0, 0.05) is 18.3 Å². The molecule has 4 nitrogen and oxygen atoms in total. The minimum absolute atomic E-state index is 0.0558. The Morgan fingerprint density at radius 2 is 2.00 bits per heavy atom. The number of nitrogens with zero attached hydrogens (tertiary/aromatic N) is 1. The van der Waals surface area contributed by atoms with E-state index >= 15 is 0 Å². The summed E-state index contributed by atoms with van der Waals surface area (Å²) in [6.45, 7) is 2.39. The van der Waals surface area contributed by atoms with Gasteiger partial charge in [0.25, 0.3) is 5.91 Å². The van der Waals surface area contributed by atoms with Gasteiger partial charge >= 0.3 is 0 Å². The first-order valence-corrected chi connectivity index (χ1v) is 8.05. The predicted molar refractivity (Wildman–Crippen MR) is 89.4 cm³/mol. The lowest BCUT2D eigenvalue weighted by atomic mass is 9.65. The SMILES string of the molecule is Cc1c(O)cncc1C(=O)NCC1(Cc2ccccc2)CCC1. The molecule has 0 atom stereocenters. The zero-order valence-electron chi connectivity index (χ0n) is 13.4. The van der Waals surface area contributed by atoms with E-state index in [-0.39, 0.29) is 17.1 Å². The average molecular weight is 310 g/mol. The van der Waals surface area contributed by atoms with Gasteiger partial charge in [0.2, 0.25) is 0 Å². The summed E-state index contributed by atoms with van der Waals surface area (Å²) in [5, 5.41) is 12.7. The molecule has 3 rings (SSSR count). The summed E-state index contributed by atoms with van der Waals surface area (Å²) in [5.41, 5.74) is 2.49. The molecule has 1 fully saturated rings. The molecule has 1 aromatic carbocycles. The third kappa shape index (κ3) is 3.36. The topological polar surface area (TPSA) is 62.2 Å². The van der Waals surface area contributed by atoms with Gasteiger partial charge in [-0.05, 0) is 37.2 Å². The normalized spacial score (nSPS) is 15.7. The molecule has 0 aliphatic heterocycles. The second-order valence-corrected chi connectivity index (χ2v) is 6.53. The largest absolute Gasteiger partial charge is 0.506 e. The number of hydrogen-bond donors (Lipinski definition) is 2. The quantitative estimate of drug-likeness (QED) is 0.891. The lowest BCUT2D eigenvalue weighted by molar-refractivity contribution is 0.0858. The third-order valence-electron chi connectivity index (χ3n) is 4.89. The van der Waals surface area contributed by atoms with Crippen LogP contribution in [0.15, 0.2) is 42.7 Å². The third-order valence-corrected chi connectivity index (χ3v) is 4.89. The summed E-state index contributed by atoms with van der Waals surface area (Å²) in [5.74, 6) is -0.106. The fraction of sp³-hybridized carbons (Fsp3) is 0.368. The monoisotopic (exact) mass is 310 g/mol. The molecular weight excluding hydrogens is 288 g/mol. The van der Waals surface area contributed by atoms with Crippen molar-refractivity contribution in [2.75, 3.05) is 6.54 Å². The van der Waals surface area contributed by atoms with Crippen LogP contribution in [0.4, 0.5) is 0 Å². The number of aromatic hydroxyl groups is 1. The Bertz CT molecular complexity index is 694. The van der Waals surface area contributed by atoms with Crippen molar-refractivity contribution in [2.24, 2.45) is 5.41 Å². The summed E-state index contributed by atoms with van der Waals surface area (Å²) in [4.78, 5) is 16.3. The van der Waals surface area contributed by atoms with Gasteiger partial charge in [-0.2, -0.15) is 0 Å². The van der Waals surface area contributed by atoms with E-state index in [2.05, 4.69) is 34.6 Å². The van der Waals surface area contributed by atoms with Crippen LogP contribution < -0.4 is 5.32 Å². The van der Waals surface area contributed by atoms with Gasteiger partial charge in [-0.3, -0.25) is 9.78 Å². The van der Waals surface area contributed by atoms with Crippen LogP contribution in [-0.2, 0) is 6.42 Å². The van der Waals surface area contributed by atoms with Crippen LogP contribution >= 0.6 is 0 Å². The summed E-state index contributed by atoms with van der Waals surface area (Å²) in [7, 11) is 0. The zero-order valence-corrected chi connectivity index (χ0v) is 13.4. The Balaban J connectivity index is 1.66. The van der Waals surface area contributed by atoms with Crippen molar-refractivity contribution in [3.05, 3.63) is 59.4 Å². The van der Waals surface area contributed by atoms with Gasteiger partial charge in [-0.1, -0.05) is 36.8 Å². The molecule has 1 heterocycles. The molecule has 2 N–H and O–H groups in total. The highest BCUT2D eigenvalue weighted by Crippen LogP contribution is 2.43. The standard InChI is InChI=1S/C19H22N2O2/c1-14-16(11-20-12-17(14)22)18(23)21-13-19(8-5-9-19)10-15-6-3-2-4-7-15/h2-4,6-7,11-12,22H,5,8-10,13H2,1H3,(H,21,23). The molecule has 0 radical (unpaired) electrons. The van der Waals surface area contributed by atoms with Crippen molar-refractivity contribution in [2.45, 2.75) is 32.6 Å². The summed E-state index contributed by atoms with van der Waals surface area (Å²) in [6, 6.07) is 10.4. The van der Waals surface area contributed by atoms with E-state index in [4.69, 9.17) is 0 Å². The first-order chi connectivity index (χ1) is 11.1. The van der Waals surface area contributed by atoms with Gasteiger partial charge in [0.05, 0.1) is 11.8 Å². The predicted octanol–water partition coefficient (Wildman–Crippen LogP) is 3.24. The van der Waals surface area contributed by atoms with E-state index in [1.54, 1.807) is 6.92 Å². The molecule has 4 heteroatoms. The van der Waals surface area contributed by atoms with Gasteiger partial charge in [0.1, 0.15) is 5.75 Å². The maximum absolute atomic E-state index is 12.4. The fourth-order valence-electron chi connectivity index (χ4n) is 3.23. The summed E-state index contributed by atoms with van der Waals surface area (Å²) >= 11 is 0. The molecule has 1 aromatic heterocycles. The zero-order chi connectivity index (χ0) is 16.3. The lowest BCUT2D eigenvalue weighted by Crippen LogP contribution is -2.43. The number of amides is 1. The molecule has 1 saturated carbocycles. The fourth-order valence-corrected chi connectivity index (χ4v) is 3.23. The molecule has 1 aliphatic rings. The summed E-state index contributed by atoms with van der Waals surface area (Å²) in [6.07, 6.45) is 7.35. The molecule has 120 valence electrons. The number of pyridine rings is 1. The van der Waals surface area contributed by atoms with Crippen LogP contribution in [0.3, 0.4) is 0 Å². The van der Waals surface area contributed by atoms with Crippen LogP contribution in [0.5, 0.6) is 5.75 Å². The maximum atomic E-state index is 12.4. The van der Waals surface area contributed by atoms with E-state index in [1.807, 2.05) is 6.07 Å². The molecule has 23 heavy (non-hydrogen) atoms. The first kappa shape index (κ1) is 15.5. The van der Waals surface area contributed by atoms with E-state index < -0.39 is 0 Å². The highest BCUT2D eigenvalue weighted by molar-refractivity contribution is 5.95. The van der Waals surface area contributed by atoms with Crippen LogP contribution in [0, 0.1) is 12.3 Å². The van der Waals surface area contributed by atoms with Crippen molar-refractivity contribution in [1.82, 2.24) is 10.3 Å². The molecule has 0 unspecified atom stereocenters. The average Bonchev–Trinajstić information content (AvgIpc) is 2.53. The smallest absolute Gasteiger partial charge is 0.253 e. The number of nitrogens with one attached hydrogen (secondary N) is 1. The molecular formula is C19H22N2O2. The molecule has 0 bridgehead atoms. The van der Waals surface area contributed by atoms with Crippen LogP contribution in [0.2, 0.25) is 0 Å². The highest BCUT2D eigenvalue weighted by atomic mass is 16.3. The number of carbonyl (C=O) groups is 1. The van der Waals surface area contributed by atoms with Crippen molar-refractivity contribution in [3.63, 3.8) is 0 Å². The van der Waals surface area contributed by atoms with Gasteiger partial charge in [0.15, 0.2) is 0 Å². The van der Waals surface area contributed by atoms with Crippen LogP contribution in [0.1, 0.15) is 40.7 Å². The van der Waals surface area contributed by atoms with E-state index in [0.717, 1.165) is 19.3 Å². The van der Waals surface area contributed by atoms with Crippen molar-refractivity contribution in [1.29, 1.82) is 0 Å². The number of carbonyl (C=O) groups excluding carboxylic acids is 1. The number of benzene rings is 1. The van der Waals surface area contributed by atoms with E-state index in [9.17, 15) is 9.90 Å². The number of aromatic nitrogens is 1. The number of hydrogen-bond acceptors (Lipinski definition) is 3. The van der Waals surface area contributed by atoms with E-state index in [1.165, 1.54) is 24.4 Å². The van der Waals surface area contributed by atoms with Crippen molar-refractivity contribution >= 4 is 5.91 Å². The van der Waals surface area contributed by atoms with Crippen molar-refractivity contribution < 1.29 is 9.90 Å². The summed E-state index contributed by atoms with van der Waals surface area (Å²) < 4.78 is 0. The number of rotatable bonds is 5. The van der Waals surface area contributed by atoms with Gasteiger partial charge in [-0.15, -0.1) is 0 Å². The Hall–Kier alpha value is -2.36. The minimum atomic E-state index is -0.162. The maximum Gasteiger partial charge on any atom is 0.253 e. The Kier molecular flexibility index (Phi) is 4.33. The molecule has 1 aliphatic carbocycles. The molecule has 0 saturated heterocycles. The lowest BCUT2D eigenvalue weighted by Gasteiger charge is -2.42. The molecule has 2 aromatic rings. The Morgan fingerprint density at radius 1 is 1.26 bits per heavy atom. The van der Waals surface area contributed by atoms with Crippen molar-refractivity contribution in [3.8, 4) is 5.75 Å². The second-order valence-electron chi connectivity index (χ2n) is 6.53. The second kappa shape index (κ2) is 6.41. The molecule has 1 amide bonds. The van der Waals surface area contributed by atoms with Crippen LogP contribution in [0.25, 0.3) is 0 Å².